The molecule has 18 heavy (non-hydrogen) atoms. The van der Waals surface area contributed by atoms with E-state index in [0.29, 0.717) is 5.92 Å². The molecule has 1 aliphatic rings. The van der Waals surface area contributed by atoms with Crippen molar-refractivity contribution in [2.45, 2.75) is 64.0 Å². The van der Waals surface area contributed by atoms with Crippen LogP contribution in [0.1, 0.15) is 52.9 Å². The minimum atomic E-state index is -0.267. The SMILES string of the molecule is CCC(C)(C)N(C)CCC1CCCC1(C#N)NC. The van der Waals surface area contributed by atoms with Gasteiger partial charge in [-0.15, -0.1) is 0 Å². The standard InChI is InChI=1S/C15H29N3/c1-6-14(2,3)18(5)11-9-13-8-7-10-15(13,12-16)17-4/h13,17H,6-11H2,1-5H3. The molecule has 0 amide bonds. The highest BCUT2D eigenvalue weighted by Gasteiger charge is 2.41. The van der Waals surface area contributed by atoms with Gasteiger partial charge in [-0.05, 0) is 66.1 Å². The van der Waals surface area contributed by atoms with E-state index in [4.69, 9.17) is 0 Å². The minimum Gasteiger partial charge on any atom is -0.302 e. The van der Waals surface area contributed by atoms with E-state index in [2.05, 4.69) is 44.1 Å². The lowest BCUT2D eigenvalue weighted by Gasteiger charge is -2.37. The number of hydrogen-bond acceptors (Lipinski definition) is 3. The van der Waals surface area contributed by atoms with Crippen LogP contribution in [0.3, 0.4) is 0 Å². The van der Waals surface area contributed by atoms with Gasteiger partial charge in [0.15, 0.2) is 0 Å². The molecule has 1 fully saturated rings. The normalized spacial score (nSPS) is 28.6. The molecule has 2 unspecified atom stereocenters. The van der Waals surface area contributed by atoms with Gasteiger partial charge in [0.25, 0.3) is 0 Å². The van der Waals surface area contributed by atoms with Crippen molar-refractivity contribution in [1.82, 2.24) is 10.2 Å². The van der Waals surface area contributed by atoms with Gasteiger partial charge in [0.1, 0.15) is 5.54 Å². The average Bonchev–Trinajstić information content (AvgIpc) is 2.79. The quantitative estimate of drug-likeness (QED) is 0.789. The third-order valence-corrected chi connectivity index (χ3v) is 5.18. The molecule has 1 saturated carbocycles. The molecule has 0 bridgehead atoms. The lowest BCUT2D eigenvalue weighted by atomic mass is 9.85. The highest BCUT2D eigenvalue weighted by molar-refractivity contribution is 5.13. The third kappa shape index (κ3) is 3.05. The van der Waals surface area contributed by atoms with Crippen LogP contribution in [-0.4, -0.2) is 36.6 Å². The van der Waals surface area contributed by atoms with Crippen molar-refractivity contribution in [3.8, 4) is 6.07 Å². The highest BCUT2D eigenvalue weighted by Crippen LogP contribution is 2.37. The summed E-state index contributed by atoms with van der Waals surface area (Å²) in [5.41, 5.74) is -0.00918. The van der Waals surface area contributed by atoms with Gasteiger partial charge in [-0.3, -0.25) is 0 Å². The molecule has 3 nitrogen and oxygen atoms in total. The monoisotopic (exact) mass is 251 g/mol. The van der Waals surface area contributed by atoms with Gasteiger partial charge < -0.3 is 10.2 Å². The molecule has 1 aliphatic carbocycles. The van der Waals surface area contributed by atoms with E-state index in [1.165, 1.54) is 12.8 Å². The Balaban J connectivity index is 2.56. The van der Waals surface area contributed by atoms with E-state index in [-0.39, 0.29) is 11.1 Å². The van der Waals surface area contributed by atoms with Crippen molar-refractivity contribution < 1.29 is 0 Å². The zero-order valence-corrected chi connectivity index (χ0v) is 12.7. The van der Waals surface area contributed by atoms with E-state index >= 15 is 0 Å². The van der Waals surface area contributed by atoms with Crippen LogP contribution in [0.2, 0.25) is 0 Å². The Hall–Kier alpha value is -0.590. The molecule has 1 rings (SSSR count). The predicted molar refractivity (Wildman–Crippen MR) is 76.4 cm³/mol. The van der Waals surface area contributed by atoms with E-state index in [0.717, 1.165) is 25.8 Å². The molecule has 2 atom stereocenters. The molecule has 0 aliphatic heterocycles. The summed E-state index contributed by atoms with van der Waals surface area (Å²) in [6.45, 7) is 7.89. The second kappa shape index (κ2) is 6.04. The topological polar surface area (TPSA) is 39.1 Å². The summed E-state index contributed by atoms with van der Waals surface area (Å²) in [5.74, 6) is 0.502. The first-order chi connectivity index (χ1) is 8.41. The molecule has 1 N–H and O–H groups in total. The lowest BCUT2D eigenvalue weighted by Crippen LogP contribution is -2.47. The Kier molecular flexibility index (Phi) is 5.19. The Morgan fingerprint density at radius 2 is 2.17 bits per heavy atom. The fraction of sp³-hybridized carbons (Fsp3) is 0.933. The summed E-state index contributed by atoms with van der Waals surface area (Å²) in [6, 6.07) is 2.52. The summed E-state index contributed by atoms with van der Waals surface area (Å²) in [7, 11) is 4.13. The average molecular weight is 251 g/mol. The molecule has 0 aromatic heterocycles. The van der Waals surface area contributed by atoms with E-state index in [1.54, 1.807) is 0 Å². The molecule has 0 aromatic rings. The molecule has 0 radical (unpaired) electrons. The highest BCUT2D eigenvalue weighted by atomic mass is 15.2. The molecule has 3 heteroatoms. The van der Waals surface area contributed by atoms with Crippen LogP contribution in [0.25, 0.3) is 0 Å². The lowest BCUT2D eigenvalue weighted by molar-refractivity contribution is 0.135. The maximum Gasteiger partial charge on any atom is 0.109 e. The molecule has 0 saturated heterocycles. The van der Waals surface area contributed by atoms with Crippen LogP contribution in [-0.2, 0) is 0 Å². The fourth-order valence-electron chi connectivity index (χ4n) is 2.92. The maximum atomic E-state index is 9.43. The summed E-state index contributed by atoms with van der Waals surface area (Å²) >= 11 is 0. The van der Waals surface area contributed by atoms with Crippen LogP contribution >= 0.6 is 0 Å². The van der Waals surface area contributed by atoms with Gasteiger partial charge in [-0.25, -0.2) is 0 Å². The number of nitrogens with zero attached hydrogens (tertiary/aromatic N) is 2. The van der Waals surface area contributed by atoms with Gasteiger partial charge in [0.2, 0.25) is 0 Å². The van der Waals surface area contributed by atoms with Crippen LogP contribution in [0.15, 0.2) is 0 Å². The van der Waals surface area contributed by atoms with Crippen LogP contribution in [0.5, 0.6) is 0 Å². The molecular formula is C15H29N3. The molecule has 104 valence electrons. The second-order valence-electron chi connectivity index (χ2n) is 6.30. The Labute approximate surface area is 113 Å². The van der Waals surface area contributed by atoms with Crippen molar-refractivity contribution in [3.05, 3.63) is 0 Å². The first-order valence-corrected chi connectivity index (χ1v) is 7.23. The second-order valence-corrected chi connectivity index (χ2v) is 6.30. The maximum absolute atomic E-state index is 9.43. The van der Waals surface area contributed by atoms with E-state index in [1.807, 2.05) is 7.05 Å². The number of rotatable bonds is 6. The molecule has 0 aromatic carbocycles. The number of nitriles is 1. The molecule has 0 spiro atoms. The van der Waals surface area contributed by atoms with Crippen molar-refractivity contribution in [2.75, 3.05) is 20.6 Å². The molecule has 0 heterocycles. The largest absolute Gasteiger partial charge is 0.302 e. The van der Waals surface area contributed by atoms with Crippen LogP contribution in [0, 0.1) is 17.2 Å². The van der Waals surface area contributed by atoms with Gasteiger partial charge in [0.05, 0.1) is 6.07 Å². The van der Waals surface area contributed by atoms with Crippen LogP contribution < -0.4 is 5.32 Å². The van der Waals surface area contributed by atoms with E-state index in [9.17, 15) is 5.26 Å². The summed E-state index contributed by atoms with van der Waals surface area (Å²) < 4.78 is 0. The van der Waals surface area contributed by atoms with Crippen molar-refractivity contribution >= 4 is 0 Å². The summed E-state index contributed by atoms with van der Waals surface area (Å²) in [5, 5.41) is 12.7. The predicted octanol–water partition coefficient (Wildman–Crippen LogP) is 2.78. The Morgan fingerprint density at radius 3 is 2.67 bits per heavy atom. The zero-order chi connectivity index (χ0) is 13.8. The first-order valence-electron chi connectivity index (χ1n) is 7.23. The van der Waals surface area contributed by atoms with Crippen molar-refractivity contribution in [3.63, 3.8) is 0 Å². The number of nitrogens with one attached hydrogen (secondary N) is 1. The van der Waals surface area contributed by atoms with Crippen molar-refractivity contribution in [1.29, 1.82) is 5.26 Å². The van der Waals surface area contributed by atoms with Gasteiger partial charge in [0, 0.05) is 5.54 Å². The van der Waals surface area contributed by atoms with Crippen LogP contribution in [0.4, 0.5) is 0 Å². The minimum absolute atomic E-state index is 0.257. The molecular weight excluding hydrogens is 222 g/mol. The Morgan fingerprint density at radius 1 is 1.50 bits per heavy atom. The number of hydrogen-bond donors (Lipinski definition) is 1. The fourth-order valence-corrected chi connectivity index (χ4v) is 2.92. The van der Waals surface area contributed by atoms with Gasteiger partial charge >= 0.3 is 0 Å². The zero-order valence-electron chi connectivity index (χ0n) is 12.7. The van der Waals surface area contributed by atoms with Gasteiger partial charge in [-0.1, -0.05) is 13.3 Å². The smallest absolute Gasteiger partial charge is 0.109 e. The first kappa shape index (κ1) is 15.5. The Bertz CT molecular complexity index is 305. The van der Waals surface area contributed by atoms with Crippen molar-refractivity contribution in [2.24, 2.45) is 5.92 Å². The summed E-state index contributed by atoms with van der Waals surface area (Å²) in [6.07, 6.45) is 5.65. The van der Waals surface area contributed by atoms with Gasteiger partial charge in [-0.2, -0.15) is 5.26 Å². The summed E-state index contributed by atoms with van der Waals surface area (Å²) in [4.78, 5) is 2.43. The van der Waals surface area contributed by atoms with E-state index < -0.39 is 0 Å². The third-order valence-electron chi connectivity index (χ3n) is 5.18.